The Bertz CT molecular complexity index is 893. The van der Waals surface area contributed by atoms with Gasteiger partial charge in [-0.2, -0.15) is 0 Å². The zero-order valence-corrected chi connectivity index (χ0v) is 16.9. The molecule has 0 saturated carbocycles. The van der Waals surface area contributed by atoms with Crippen LogP contribution >= 0.6 is 11.8 Å². The van der Waals surface area contributed by atoms with Gasteiger partial charge in [-0.25, -0.2) is 0 Å². The lowest BCUT2D eigenvalue weighted by molar-refractivity contribution is -0.384. The standard InChI is InChI=1S/C20H24N4O4S/c1-14-8-10-23(18-4-2-3-5-19(18)29-14)20(26)13-22-17-12-15(24(27)28)6-7-16(17)21-9-11-25/h2-7,12,14,21-22,25H,8-11,13H2,1H3/t14-/m1/s1. The molecular weight excluding hydrogens is 392 g/mol. The highest BCUT2D eigenvalue weighted by molar-refractivity contribution is 8.00. The summed E-state index contributed by atoms with van der Waals surface area (Å²) >= 11 is 1.76. The minimum absolute atomic E-state index is 0.00234. The Morgan fingerprint density at radius 3 is 2.83 bits per heavy atom. The van der Waals surface area contributed by atoms with E-state index in [9.17, 15) is 14.9 Å². The van der Waals surface area contributed by atoms with Crippen LogP contribution in [0.5, 0.6) is 0 Å². The van der Waals surface area contributed by atoms with Gasteiger partial charge in [-0.15, -0.1) is 11.8 Å². The van der Waals surface area contributed by atoms with E-state index >= 15 is 0 Å². The molecule has 0 aromatic heterocycles. The number of carbonyl (C=O) groups is 1. The molecule has 1 aliphatic rings. The number of fused-ring (bicyclic) bond motifs is 1. The lowest BCUT2D eigenvalue weighted by atomic mass is 10.2. The predicted octanol–water partition coefficient (Wildman–Crippen LogP) is 3.33. The molecule has 1 heterocycles. The fourth-order valence-corrected chi connectivity index (χ4v) is 4.26. The average Bonchev–Trinajstić information content (AvgIpc) is 2.88. The molecule has 9 heteroatoms. The number of hydrogen-bond acceptors (Lipinski definition) is 7. The van der Waals surface area contributed by atoms with Crippen LogP contribution in [0.4, 0.5) is 22.7 Å². The van der Waals surface area contributed by atoms with E-state index in [1.807, 2.05) is 24.3 Å². The summed E-state index contributed by atoms with van der Waals surface area (Å²) in [5, 5.41) is 26.6. The third kappa shape index (κ3) is 5.18. The van der Waals surface area contributed by atoms with E-state index in [1.54, 1.807) is 22.7 Å². The maximum absolute atomic E-state index is 13.0. The molecule has 29 heavy (non-hydrogen) atoms. The van der Waals surface area contributed by atoms with Crippen molar-refractivity contribution in [1.82, 2.24) is 0 Å². The molecule has 0 bridgehead atoms. The topological polar surface area (TPSA) is 108 Å². The number of para-hydroxylation sites is 1. The third-order valence-corrected chi connectivity index (χ3v) is 5.85. The van der Waals surface area contributed by atoms with Crippen molar-refractivity contribution in [3.8, 4) is 0 Å². The van der Waals surface area contributed by atoms with Crippen molar-refractivity contribution in [1.29, 1.82) is 0 Å². The van der Waals surface area contributed by atoms with E-state index in [4.69, 9.17) is 5.11 Å². The van der Waals surface area contributed by atoms with Gasteiger partial charge in [0, 0.05) is 35.4 Å². The summed E-state index contributed by atoms with van der Waals surface area (Å²) in [5.41, 5.74) is 1.87. The Kier molecular flexibility index (Phi) is 6.95. The van der Waals surface area contributed by atoms with Gasteiger partial charge in [-0.3, -0.25) is 14.9 Å². The molecule has 2 aromatic carbocycles. The number of nitrogens with zero attached hydrogens (tertiary/aromatic N) is 2. The Labute approximate surface area is 173 Å². The van der Waals surface area contributed by atoms with Crippen LogP contribution in [0, 0.1) is 10.1 Å². The van der Waals surface area contributed by atoms with Crippen molar-refractivity contribution in [2.75, 3.05) is 41.8 Å². The monoisotopic (exact) mass is 416 g/mol. The second-order valence-electron chi connectivity index (χ2n) is 6.72. The van der Waals surface area contributed by atoms with Gasteiger partial charge in [0.15, 0.2) is 0 Å². The van der Waals surface area contributed by atoms with E-state index in [2.05, 4.69) is 17.6 Å². The summed E-state index contributed by atoms with van der Waals surface area (Å²) in [5.74, 6) is -0.105. The molecule has 1 aliphatic heterocycles. The zero-order valence-electron chi connectivity index (χ0n) is 16.1. The SMILES string of the molecule is C[C@@H]1CCN(C(=O)CNc2cc([N+](=O)[O-])ccc2NCCO)c2ccccc2S1. The number of anilines is 3. The van der Waals surface area contributed by atoms with Crippen LogP contribution in [0.2, 0.25) is 0 Å². The van der Waals surface area contributed by atoms with Crippen molar-refractivity contribution in [2.24, 2.45) is 0 Å². The normalized spacial score (nSPS) is 15.9. The summed E-state index contributed by atoms with van der Waals surface area (Å²) in [6, 6.07) is 12.2. The van der Waals surface area contributed by atoms with E-state index in [1.165, 1.54) is 12.1 Å². The summed E-state index contributed by atoms with van der Waals surface area (Å²) in [7, 11) is 0. The van der Waals surface area contributed by atoms with Gasteiger partial charge in [-0.1, -0.05) is 19.1 Å². The summed E-state index contributed by atoms with van der Waals surface area (Å²) in [6.45, 7) is 3.00. The Balaban J connectivity index is 1.78. The highest BCUT2D eigenvalue weighted by Gasteiger charge is 2.24. The van der Waals surface area contributed by atoms with Gasteiger partial charge in [0.2, 0.25) is 5.91 Å². The van der Waals surface area contributed by atoms with Crippen molar-refractivity contribution < 1.29 is 14.8 Å². The number of nitrogens with one attached hydrogen (secondary N) is 2. The first-order valence-electron chi connectivity index (χ1n) is 9.42. The smallest absolute Gasteiger partial charge is 0.271 e. The number of carbonyl (C=O) groups excluding carboxylic acids is 1. The number of hydrogen-bond donors (Lipinski definition) is 3. The molecule has 154 valence electrons. The van der Waals surface area contributed by atoms with Crippen molar-refractivity contribution in [3.63, 3.8) is 0 Å². The zero-order chi connectivity index (χ0) is 20.8. The molecule has 0 saturated heterocycles. The maximum Gasteiger partial charge on any atom is 0.271 e. The third-order valence-electron chi connectivity index (χ3n) is 4.62. The number of benzene rings is 2. The first-order chi connectivity index (χ1) is 14.0. The lowest BCUT2D eigenvalue weighted by Crippen LogP contribution is -2.36. The molecule has 1 amide bonds. The number of aliphatic hydroxyl groups is 1. The Hall–Kier alpha value is -2.78. The molecular formula is C20H24N4O4S. The summed E-state index contributed by atoms with van der Waals surface area (Å²) < 4.78 is 0. The van der Waals surface area contributed by atoms with Gasteiger partial charge in [-0.05, 0) is 24.6 Å². The van der Waals surface area contributed by atoms with Crippen molar-refractivity contribution in [3.05, 3.63) is 52.6 Å². The van der Waals surface area contributed by atoms with Crippen molar-refractivity contribution >= 4 is 40.4 Å². The molecule has 0 aliphatic carbocycles. The Morgan fingerprint density at radius 2 is 2.07 bits per heavy atom. The highest BCUT2D eigenvalue weighted by Crippen LogP contribution is 2.37. The number of thioether (sulfide) groups is 1. The fourth-order valence-electron chi connectivity index (χ4n) is 3.15. The minimum Gasteiger partial charge on any atom is -0.395 e. The molecule has 0 spiro atoms. The highest BCUT2D eigenvalue weighted by atomic mass is 32.2. The fraction of sp³-hybridized carbons (Fsp3) is 0.350. The largest absolute Gasteiger partial charge is 0.395 e. The van der Waals surface area contributed by atoms with Gasteiger partial charge in [0.05, 0.1) is 35.1 Å². The van der Waals surface area contributed by atoms with Gasteiger partial charge in [0.25, 0.3) is 5.69 Å². The van der Waals surface area contributed by atoms with E-state index < -0.39 is 4.92 Å². The second-order valence-corrected chi connectivity index (χ2v) is 8.20. The quantitative estimate of drug-likeness (QED) is 0.469. The molecule has 8 nitrogen and oxygen atoms in total. The minimum atomic E-state index is -0.480. The van der Waals surface area contributed by atoms with Crippen LogP contribution in [0.25, 0.3) is 0 Å². The van der Waals surface area contributed by atoms with Crippen LogP contribution in [0.1, 0.15) is 13.3 Å². The number of non-ortho nitro benzene ring substituents is 1. The molecule has 3 rings (SSSR count). The number of aliphatic hydroxyl groups excluding tert-OH is 1. The number of nitro groups is 1. The molecule has 0 radical (unpaired) electrons. The first-order valence-corrected chi connectivity index (χ1v) is 10.3. The molecule has 0 fully saturated rings. The molecule has 3 N–H and O–H groups in total. The van der Waals surface area contributed by atoms with Crippen LogP contribution in [-0.4, -0.2) is 47.4 Å². The maximum atomic E-state index is 13.0. The lowest BCUT2D eigenvalue weighted by Gasteiger charge is -2.23. The number of nitro benzene ring substituents is 1. The first kappa shape index (κ1) is 20.9. The van der Waals surface area contributed by atoms with Crippen LogP contribution in [-0.2, 0) is 4.79 Å². The van der Waals surface area contributed by atoms with Crippen LogP contribution in [0.3, 0.4) is 0 Å². The van der Waals surface area contributed by atoms with E-state index in [-0.39, 0.29) is 24.7 Å². The Morgan fingerprint density at radius 1 is 1.28 bits per heavy atom. The second kappa shape index (κ2) is 9.62. The predicted molar refractivity (Wildman–Crippen MR) is 116 cm³/mol. The van der Waals surface area contributed by atoms with Crippen molar-refractivity contribution in [2.45, 2.75) is 23.5 Å². The van der Waals surface area contributed by atoms with Gasteiger partial charge in [0.1, 0.15) is 0 Å². The molecule has 1 atom stereocenters. The van der Waals surface area contributed by atoms with Crippen LogP contribution in [0.15, 0.2) is 47.4 Å². The summed E-state index contributed by atoms with van der Waals surface area (Å²) in [4.78, 5) is 26.5. The van der Waals surface area contributed by atoms with E-state index in [0.717, 1.165) is 17.0 Å². The van der Waals surface area contributed by atoms with Gasteiger partial charge >= 0.3 is 0 Å². The molecule has 0 unspecified atom stereocenters. The number of amides is 1. The van der Waals surface area contributed by atoms with Crippen LogP contribution < -0.4 is 15.5 Å². The summed E-state index contributed by atoms with van der Waals surface area (Å²) in [6.07, 6.45) is 0.880. The average molecular weight is 417 g/mol. The van der Waals surface area contributed by atoms with Gasteiger partial charge < -0.3 is 20.6 Å². The molecule has 2 aromatic rings. The van der Waals surface area contributed by atoms with E-state index in [0.29, 0.717) is 29.7 Å². The number of rotatable bonds is 7.